The zero-order valence-corrected chi connectivity index (χ0v) is 18.7. The molecule has 0 unspecified atom stereocenters. The highest BCUT2D eigenvalue weighted by Crippen LogP contribution is 2.30. The van der Waals surface area contributed by atoms with Crippen molar-refractivity contribution in [1.29, 1.82) is 0 Å². The van der Waals surface area contributed by atoms with E-state index in [1.807, 2.05) is 0 Å². The third-order valence-corrected chi connectivity index (χ3v) is 5.77. The number of nitro groups is 1. The Bertz CT molecular complexity index is 1090. The van der Waals surface area contributed by atoms with Crippen LogP contribution in [0.25, 0.3) is 0 Å². The maximum absolute atomic E-state index is 12.7. The van der Waals surface area contributed by atoms with Gasteiger partial charge in [0.15, 0.2) is 11.5 Å². The van der Waals surface area contributed by atoms with Crippen molar-refractivity contribution in [2.75, 3.05) is 31.3 Å². The summed E-state index contributed by atoms with van der Waals surface area (Å²) in [5, 5.41) is 13.8. The van der Waals surface area contributed by atoms with Gasteiger partial charge in [-0.3, -0.25) is 19.2 Å². The van der Waals surface area contributed by atoms with Gasteiger partial charge in [-0.05, 0) is 37.1 Å². The van der Waals surface area contributed by atoms with Crippen molar-refractivity contribution in [3.8, 4) is 11.5 Å². The lowest BCUT2D eigenvalue weighted by atomic mass is 10.1. The Morgan fingerprint density at radius 1 is 1.16 bits per heavy atom. The number of nitrogens with zero attached hydrogens (tertiary/aromatic N) is 2. The minimum atomic E-state index is -3.88. The van der Waals surface area contributed by atoms with Crippen LogP contribution >= 0.6 is 0 Å². The van der Waals surface area contributed by atoms with Crippen molar-refractivity contribution in [2.45, 2.75) is 19.9 Å². The van der Waals surface area contributed by atoms with Crippen LogP contribution in [-0.4, -0.2) is 46.3 Å². The van der Waals surface area contributed by atoms with Crippen molar-refractivity contribution in [3.63, 3.8) is 0 Å². The molecule has 168 valence electrons. The molecule has 0 saturated heterocycles. The Labute approximate surface area is 181 Å². The number of amides is 1. The molecule has 1 atom stereocenters. The van der Waals surface area contributed by atoms with Crippen molar-refractivity contribution < 1.29 is 27.6 Å². The molecule has 0 aliphatic heterocycles. The molecule has 2 aromatic rings. The van der Waals surface area contributed by atoms with E-state index in [0.29, 0.717) is 17.1 Å². The Kier molecular flexibility index (Phi) is 7.45. The SMILES string of the molecule is COc1ccc([C@H](C)NC(=O)CN(c2cc([N+](=O)[O-])ccc2C)S(C)(=O)=O)cc1OC. The third kappa shape index (κ3) is 5.85. The first-order chi connectivity index (χ1) is 14.5. The van der Waals surface area contributed by atoms with Gasteiger partial charge in [0.2, 0.25) is 15.9 Å². The number of sulfonamides is 1. The van der Waals surface area contributed by atoms with Crippen LogP contribution in [0.4, 0.5) is 11.4 Å². The van der Waals surface area contributed by atoms with Crippen LogP contribution in [0.3, 0.4) is 0 Å². The standard InChI is InChI=1S/C20H25N3O7S/c1-13-6-8-16(23(25)26)11-17(13)22(31(5,27)28)12-20(24)21-14(2)15-7-9-18(29-3)19(10-15)30-4/h6-11,14H,12H2,1-5H3,(H,21,24)/t14-/m0/s1. The number of nitrogens with one attached hydrogen (secondary N) is 1. The molecule has 31 heavy (non-hydrogen) atoms. The van der Waals surface area contributed by atoms with Gasteiger partial charge in [-0.15, -0.1) is 0 Å². The van der Waals surface area contributed by atoms with Gasteiger partial charge in [0.25, 0.3) is 5.69 Å². The van der Waals surface area contributed by atoms with Crippen LogP contribution in [0.1, 0.15) is 24.1 Å². The molecule has 11 heteroatoms. The molecule has 0 aromatic heterocycles. The number of rotatable bonds is 9. The van der Waals surface area contributed by atoms with Gasteiger partial charge in [-0.25, -0.2) is 8.42 Å². The van der Waals surface area contributed by atoms with Crippen molar-refractivity contribution in [1.82, 2.24) is 5.32 Å². The molecule has 0 aliphatic carbocycles. The highest BCUT2D eigenvalue weighted by molar-refractivity contribution is 7.92. The summed E-state index contributed by atoms with van der Waals surface area (Å²) in [7, 11) is -0.876. The summed E-state index contributed by atoms with van der Waals surface area (Å²) in [5.41, 5.74) is 1.01. The number of hydrogen-bond acceptors (Lipinski definition) is 7. The number of aryl methyl sites for hydroxylation is 1. The van der Waals surface area contributed by atoms with E-state index in [1.165, 1.54) is 26.4 Å². The normalized spacial score (nSPS) is 12.0. The maximum atomic E-state index is 12.7. The van der Waals surface area contributed by atoms with Gasteiger partial charge in [0.05, 0.1) is 37.1 Å². The molecule has 0 fully saturated rings. The number of carbonyl (C=O) groups excluding carboxylic acids is 1. The second-order valence-electron chi connectivity index (χ2n) is 6.90. The summed E-state index contributed by atoms with van der Waals surface area (Å²) >= 11 is 0. The first kappa shape index (κ1) is 23.9. The third-order valence-electron chi connectivity index (χ3n) is 4.64. The van der Waals surface area contributed by atoms with Crippen molar-refractivity contribution in [3.05, 3.63) is 57.6 Å². The molecular weight excluding hydrogens is 426 g/mol. The zero-order valence-electron chi connectivity index (χ0n) is 17.9. The van der Waals surface area contributed by atoms with Crippen LogP contribution in [0, 0.1) is 17.0 Å². The summed E-state index contributed by atoms with van der Waals surface area (Å²) in [5.74, 6) is 0.457. The average Bonchev–Trinajstić information content (AvgIpc) is 2.71. The van der Waals surface area contributed by atoms with Crippen molar-refractivity contribution >= 4 is 27.3 Å². The molecule has 1 N–H and O–H groups in total. The number of carbonyl (C=O) groups is 1. The Balaban J connectivity index is 2.27. The number of benzene rings is 2. The molecule has 2 rings (SSSR count). The number of nitro benzene ring substituents is 1. The first-order valence-corrected chi connectivity index (χ1v) is 11.1. The van der Waals surface area contributed by atoms with Crippen LogP contribution in [-0.2, 0) is 14.8 Å². The second kappa shape index (κ2) is 9.65. The fourth-order valence-electron chi connectivity index (χ4n) is 2.98. The molecule has 0 spiro atoms. The van der Waals surface area contributed by atoms with Crippen LogP contribution in [0.2, 0.25) is 0 Å². The summed E-state index contributed by atoms with van der Waals surface area (Å²) in [6.07, 6.45) is 0.941. The van der Waals surface area contributed by atoms with Gasteiger partial charge in [-0.1, -0.05) is 12.1 Å². The van der Waals surface area contributed by atoms with E-state index in [1.54, 1.807) is 32.0 Å². The zero-order chi connectivity index (χ0) is 23.3. The van der Waals surface area contributed by atoms with Gasteiger partial charge >= 0.3 is 0 Å². The highest BCUT2D eigenvalue weighted by Gasteiger charge is 2.25. The molecule has 1 amide bonds. The molecule has 0 radical (unpaired) electrons. The second-order valence-corrected chi connectivity index (χ2v) is 8.81. The quantitative estimate of drug-likeness (QED) is 0.458. The number of hydrogen-bond donors (Lipinski definition) is 1. The van der Waals surface area contributed by atoms with Crippen molar-refractivity contribution in [2.24, 2.45) is 0 Å². The van der Waals surface area contributed by atoms with Gasteiger partial charge < -0.3 is 14.8 Å². The summed E-state index contributed by atoms with van der Waals surface area (Å²) in [6, 6.07) is 8.57. The lowest BCUT2D eigenvalue weighted by Crippen LogP contribution is -2.41. The van der Waals surface area contributed by atoms with E-state index >= 15 is 0 Å². The lowest BCUT2D eigenvalue weighted by Gasteiger charge is -2.24. The first-order valence-electron chi connectivity index (χ1n) is 9.22. The fourth-order valence-corrected chi connectivity index (χ4v) is 3.89. The molecule has 0 saturated carbocycles. The highest BCUT2D eigenvalue weighted by atomic mass is 32.2. The smallest absolute Gasteiger partial charge is 0.271 e. The van der Waals surface area contributed by atoms with E-state index in [-0.39, 0.29) is 11.4 Å². The number of methoxy groups -OCH3 is 2. The lowest BCUT2D eigenvalue weighted by molar-refractivity contribution is -0.384. The molecular formula is C20H25N3O7S. The molecule has 0 bridgehead atoms. The Morgan fingerprint density at radius 2 is 1.81 bits per heavy atom. The molecule has 0 aliphatic rings. The van der Waals surface area contributed by atoms with Crippen LogP contribution in [0.15, 0.2) is 36.4 Å². The Morgan fingerprint density at radius 3 is 2.35 bits per heavy atom. The molecule has 2 aromatic carbocycles. The number of ether oxygens (including phenoxy) is 2. The number of anilines is 1. The Hall–Kier alpha value is -3.34. The minimum absolute atomic E-state index is 0.0746. The van der Waals surface area contributed by atoms with Gasteiger partial charge in [-0.2, -0.15) is 0 Å². The summed E-state index contributed by atoms with van der Waals surface area (Å²) < 4.78 is 36.0. The van der Waals surface area contributed by atoms with E-state index in [0.717, 1.165) is 22.2 Å². The predicted octanol–water partition coefficient (Wildman–Crippen LogP) is 2.56. The van der Waals surface area contributed by atoms with E-state index in [2.05, 4.69) is 5.32 Å². The average molecular weight is 452 g/mol. The fraction of sp³-hybridized carbons (Fsp3) is 0.350. The summed E-state index contributed by atoms with van der Waals surface area (Å²) in [6.45, 7) is 2.82. The van der Waals surface area contributed by atoms with Crippen LogP contribution in [0.5, 0.6) is 11.5 Å². The molecule has 0 heterocycles. The van der Waals surface area contributed by atoms with Gasteiger partial charge in [0.1, 0.15) is 6.54 Å². The topological polar surface area (TPSA) is 128 Å². The number of non-ortho nitro benzene ring substituents is 1. The maximum Gasteiger partial charge on any atom is 0.271 e. The monoisotopic (exact) mass is 451 g/mol. The minimum Gasteiger partial charge on any atom is -0.493 e. The summed E-state index contributed by atoms with van der Waals surface area (Å²) in [4.78, 5) is 23.1. The van der Waals surface area contributed by atoms with E-state index in [4.69, 9.17) is 9.47 Å². The predicted molar refractivity (Wildman–Crippen MR) is 116 cm³/mol. The van der Waals surface area contributed by atoms with Crippen LogP contribution < -0.4 is 19.1 Å². The van der Waals surface area contributed by atoms with Gasteiger partial charge in [0, 0.05) is 12.1 Å². The molecule has 10 nitrogen and oxygen atoms in total. The van der Waals surface area contributed by atoms with E-state index in [9.17, 15) is 23.3 Å². The largest absolute Gasteiger partial charge is 0.493 e. The van der Waals surface area contributed by atoms with E-state index < -0.39 is 33.4 Å².